The third-order valence-corrected chi connectivity index (χ3v) is 2.44. The van der Waals surface area contributed by atoms with E-state index in [0.29, 0.717) is 6.54 Å². The van der Waals surface area contributed by atoms with Crippen molar-refractivity contribution < 1.29 is 0 Å². The zero-order valence-electron chi connectivity index (χ0n) is 8.52. The number of halogens is 1. The van der Waals surface area contributed by atoms with Gasteiger partial charge in [-0.2, -0.15) is 0 Å². The quantitative estimate of drug-likeness (QED) is 0.764. The first-order chi connectivity index (χ1) is 6.65. The van der Waals surface area contributed by atoms with E-state index in [4.69, 9.17) is 5.73 Å². The molecule has 0 unspecified atom stereocenters. The Morgan fingerprint density at radius 3 is 2.36 bits per heavy atom. The maximum absolute atomic E-state index is 5.38. The molecule has 2 heteroatoms. The molecule has 0 atom stereocenters. The highest BCUT2D eigenvalue weighted by Gasteiger charge is 2.00. The van der Waals surface area contributed by atoms with Crippen molar-refractivity contribution in [2.75, 3.05) is 6.54 Å². The van der Waals surface area contributed by atoms with Gasteiger partial charge in [0.25, 0.3) is 0 Å². The lowest BCUT2D eigenvalue weighted by Gasteiger charge is -2.03. The molecule has 2 N–H and O–H groups in total. The first-order valence-corrected chi connectivity index (χ1v) is 5.40. The van der Waals surface area contributed by atoms with E-state index in [9.17, 15) is 0 Å². The largest absolute Gasteiger partial charge is 0.330 e. The second kappa shape index (κ2) is 5.19. The van der Waals surface area contributed by atoms with E-state index in [0.717, 1.165) is 16.5 Å². The third-order valence-electron chi connectivity index (χ3n) is 1.98. The lowest BCUT2D eigenvalue weighted by atomic mass is 10.0. The summed E-state index contributed by atoms with van der Waals surface area (Å²) in [5.74, 6) is 6.22. The van der Waals surface area contributed by atoms with Gasteiger partial charge in [-0.25, -0.2) is 0 Å². The van der Waals surface area contributed by atoms with E-state index in [1.54, 1.807) is 0 Å². The van der Waals surface area contributed by atoms with Gasteiger partial charge in [0.05, 0.1) is 0 Å². The Morgan fingerprint density at radius 1 is 1.29 bits per heavy atom. The van der Waals surface area contributed by atoms with Crippen LogP contribution in [0.15, 0.2) is 16.6 Å². The number of aryl methyl sites for hydroxylation is 2. The Hall–Kier alpha value is -0.780. The highest BCUT2D eigenvalue weighted by atomic mass is 79.9. The van der Waals surface area contributed by atoms with Crippen molar-refractivity contribution in [1.82, 2.24) is 0 Å². The molecule has 74 valence electrons. The summed E-state index contributed by atoms with van der Waals surface area (Å²) in [5.41, 5.74) is 8.93. The summed E-state index contributed by atoms with van der Waals surface area (Å²) in [6.45, 7) is 4.77. The second-order valence-electron chi connectivity index (χ2n) is 3.26. The van der Waals surface area contributed by atoms with Crippen LogP contribution in [0.3, 0.4) is 0 Å². The van der Waals surface area contributed by atoms with Crippen LogP contribution in [0.2, 0.25) is 0 Å². The topological polar surface area (TPSA) is 26.0 Å². The molecule has 0 saturated heterocycles. The Labute approximate surface area is 93.8 Å². The number of hydrogen-bond donors (Lipinski definition) is 1. The molecular weight excluding hydrogens is 238 g/mol. The van der Waals surface area contributed by atoms with Crippen LogP contribution in [0.5, 0.6) is 0 Å². The highest BCUT2D eigenvalue weighted by molar-refractivity contribution is 9.10. The van der Waals surface area contributed by atoms with Crippen molar-refractivity contribution >= 4 is 15.9 Å². The van der Waals surface area contributed by atoms with Crippen molar-refractivity contribution in [3.05, 3.63) is 33.3 Å². The van der Waals surface area contributed by atoms with Gasteiger partial charge in [0.1, 0.15) is 0 Å². The number of hydrogen-bond acceptors (Lipinski definition) is 1. The van der Waals surface area contributed by atoms with Crippen LogP contribution in [0, 0.1) is 25.7 Å². The zero-order valence-corrected chi connectivity index (χ0v) is 10.1. The van der Waals surface area contributed by atoms with Gasteiger partial charge >= 0.3 is 0 Å². The van der Waals surface area contributed by atoms with Crippen LogP contribution >= 0.6 is 15.9 Å². The normalized spacial score (nSPS) is 9.43. The molecule has 0 aliphatic heterocycles. The van der Waals surface area contributed by atoms with E-state index in [1.807, 2.05) is 0 Å². The van der Waals surface area contributed by atoms with Gasteiger partial charge in [0, 0.05) is 23.0 Å². The molecule has 0 aromatic heterocycles. The maximum Gasteiger partial charge on any atom is 0.0304 e. The van der Waals surface area contributed by atoms with Crippen molar-refractivity contribution in [3.63, 3.8) is 0 Å². The minimum Gasteiger partial charge on any atom is -0.330 e. The van der Waals surface area contributed by atoms with E-state index in [1.165, 1.54) is 11.1 Å². The van der Waals surface area contributed by atoms with Gasteiger partial charge in [-0.05, 0) is 37.1 Å². The standard InChI is InChI=1S/C12H14BrN/c1-9-7-11(13)8-10(2)12(9)5-3-4-6-14/h7-8H,4,6,14H2,1-2H3. The first-order valence-electron chi connectivity index (χ1n) is 4.61. The Kier molecular flexibility index (Phi) is 4.19. The number of benzene rings is 1. The van der Waals surface area contributed by atoms with Gasteiger partial charge < -0.3 is 5.73 Å². The van der Waals surface area contributed by atoms with Crippen LogP contribution in [0.25, 0.3) is 0 Å². The first kappa shape index (κ1) is 11.3. The molecule has 1 aromatic carbocycles. The van der Waals surface area contributed by atoms with Gasteiger partial charge in [-0.15, -0.1) is 0 Å². The lowest BCUT2D eigenvalue weighted by molar-refractivity contribution is 1.03. The molecular formula is C12H14BrN. The molecule has 0 saturated carbocycles. The molecule has 0 aliphatic rings. The Bertz CT molecular complexity index is 362. The Morgan fingerprint density at radius 2 is 1.86 bits per heavy atom. The summed E-state index contributed by atoms with van der Waals surface area (Å²) >= 11 is 3.46. The summed E-state index contributed by atoms with van der Waals surface area (Å²) in [6.07, 6.45) is 0.759. The van der Waals surface area contributed by atoms with Crippen LogP contribution in [-0.2, 0) is 0 Å². The molecule has 1 aromatic rings. The van der Waals surface area contributed by atoms with Gasteiger partial charge in [0.2, 0.25) is 0 Å². The summed E-state index contributed by atoms with van der Waals surface area (Å²) < 4.78 is 1.11. The van der Waals surface area contributed by atoms with Crippen LogP contribution in [0.4, 0.5) is 0 Å². The average molecular weight is 252 g/mol. The number of rotatable bonds is 1. The second-order valence-corrected chi connectivity index (χ2v) is 4.17. The predicted octanol–water partition coefficient (Wildman–Crippen LogP) is 2.77. The van der Waals surface area contributed by atoms with E-state index < -0.39 is 0 Å². The molecule has 0 fully saturated rings. The highest BCUT2D eigenvalue weighted by Crippen LogP contribution is 2.19. The smallest absolute Gasteiger partial charge is 0.0304 e. The number of nitrogens with two attached hydrogens (primary N) is 1. The lowest BCUT2D eigenvalue weighted by Crippen LogP contribution is -1.96. The zero-order chi connectivity index (χ0) is 10.6. The van der Waals surface area contributed by atoms with E-state index in [-0.39, 0.29) is 0 Å². The van der Waals surface area contributed by atoms with Gasteiger partial charge in [0.15, 0.2) is 0 Å². The minimum atomic E-state index is 0.627. The van der Waals surface area contributed by atoms with E-state index >= 15 is 0 Å². The molecule has 0 heterocycles. The van der Waals surface area contributed by atoms with Gasteiger partial charge in [-0.1, -0.05) is 27.8 Å². The van der Waals surface area contributed by atoms with Crippen LogP contribution in [-0.4, -0.2) is 6.54 Å². The molecule has 14 heavy (non-hydrogen) atoms. The summed E-state index contributed by atoms with van der Waals surface area (Å²) in [6, 6.07) is 4.17. The molecule has 0 radical (unpaired) electrons. The fourth-order valence-electron chi connectivity index (χ4n) is 1.33. The van der Waals surface area contributed by atoms with Crippen molar-refractivity contribution in [1.29, 1.82) is 0 Å². The summed E-state index contributed by atoms with van der Waals surface area (Å²) in [7, 11) is 0. The minimum absolute atomic E-state index is 0.627. The summed E-state index contributed by atoms with van der Waals surface area (Å²) in [5, 5.41) is 0. The SMILES string of the molecule is Cc1cc(Br)cc(C)c1C#CCCN. The van der Waals surface area contributed by atoms with Crippen molar-refractivity contribution in [3.8, 4) is 11.8 Å². The monoisotopic (exact) mass is 251 g/mol. The van der Waals surface area contributed by atoms with Crippen molar-refractivity contribution in [2.24, 2.45) is 5.73 Å². The predicted molar refractivity (Wildman–Crippen MR) is 64.2 cm³/mol. The van der Waals surface area contributed by atoms with Gasteiger partial charge in [-0.3, -0.25) is 0 Å². The molecule has 1 rings (SSSR count). The maximum atomic E-state index is 5.38. The molecule has 0 bridgehead atoms. The van der Waals surface area contributed by atoms with Crippen LogP contribution in [0.1, 0.15) is 23.1 Å². The molecule has 0 amide bonds. The van der Waals surface area contributed by atoms with E-state index in [2.05, 4.69) is 53.8 Å². The third kappa shape index (κ3) is 2.87. The molecule has 1 nitrogen and oxygen atoms in total. The van der Waals surface area contributed by atoms with Crippen LogP contribution < -0.4 is 5.73 Å². The fraction of sp³-hybridized carbons (Fsp3) is 0.333. The molecule has 0 spiro atoms. The summed E-state index contributed by atoms with van der Waals surface area (Å²) in [4.78, 5) is 0. The average Bonchev–Trinajstić information content (AvgIpc) is 2.09. The Balaban J connectivity index is 3.04. The molecule has 0 aliphatic carbocycles. The fourth-order valence-corrected chi connectivity index (χ4v) is 2.02. The van der Waals surface area contributed by atoms with Crippen molar-refractivity contribution in [2.45, 2.75) is 20.3 Å².